The molecule has 1 unspecified atom stereocenters. The molecule has 0 aromatic heterocycles. The second-order valence-electron chi connectivity index (χ2n) is 17.4. The maximum atomic E-state index is 12.4. The third-order valence-electron chi connectivity index (χ3n) is 13.2. The van der Waals surface area contributed by atoms with Gasteiger partial charge in [-0.3, -0.25) is 14.4 Å². The molecule has 0 aromatic carbocycles. The van der Waals surface area contributed by atoms with E-state index in [0.717, 1.165) is 25.7 Å². The Morgan fingerprint density at radius 1 is 0.942 bits per heavy atom. The van der Waals surface area contributed by atoms with Crippen LogP contribution < -0.4 is 0 Å². The largest absolute Gasteiger partial charge is 0.481 e. The summed E-state index contributed by atoms with van der Waals surface area (Å²) < 4.78 is 45.3. The molecule has 52 heavy (non-hydrogen) atoms. The minimum Gasteiger partial charge on any atom is -0.481 e. The molecule has 5 heterocycles. The number of aliphatic carboxylic acids is 1. The highest BCUT2D eigenvalue weighted by Crippen LogP contribution is 2.54. The zero-order chi connectivity index (χ0) is 38.6. The highest BCUT2D eigenvalue weighted by atomic mass is 16.7. The minimum absolute atomic E-state index is 0.101. The van der Waals surface area contributed by atoms with E-state index >= 15 is 0 Å². The fourth-order valence-corrected chi connectivity index (χ4v) is 10.0. The number of hydrogen-bond donors (Lipinski definition) is 3. The van der Waals surface area contributed by atoms with Crippen LogP contribution in [0.25, 0.3) is 0 Å². The van der Waals surface area contributed by atoms with Crippen LogP contribution in [0.3, 0.4) is 0 Å². The van der Waals surface area contributed by atoms with Gasteiger partial charge in [-0.1, -0.05) is 41.5 Å². The van der Waals surface area contributed by atoms with E-state index in [0.29, 0.717) is 19.3 Å². The summed E-state index contributed by atoms with van der Waals surface area (Å²) in [5.41, 5.74) is -1.35. The van der Waals surface area contributed by atoms with E-state index in [2.05, 4.69) is 20.8 Å². The molecule has 17 atom stereocenters. The van der Waals surface area contributed by atoms with Gasteiger partial charge in [-0.25, -0.2) is 0 Å². The fraction of sp³-hybridized carbons (Fsp3) is 0.923. The lowest BCUT2D eigenvalue weighted by atomic mass is 9.78. The summed E-state index contributed by atoms with van der Waals surface area (Å²) in [5.74, 6) is -6.53. The molecule has 13 nitrogen and oxygen atoms in total. The summed E-state index contributed by atoms with van der Waals surface area (Å²) in [6.45, 7) is 18.1. The first-order valence-electron chi connectivity index (χ1n) is 19.5. The molecule has 0 radical (unpaired) electrons. The van der Waals surface area contributed by atoms with E-state index in [9.17, 15) is 29.7 Å². The Balaban J connectivity index is 1.32. The predicted molar refractivity (Wildman–Crippen MR) is 187 cm³/mol. The maximum absolute atomic E-state index is 12.4. The Labute approximate surface area is 308 Å². The molecule has 5 rings (SSSR count). The number of aliphatic hydroxyl groups is 2. The van der Waals surface area contributed by atoms with Gasteiger partial charge in [-0.15, -0.1) is 0 Å². The van der Waals surface area contributed by atoms with Crippen molar-refractivity contribution in [3.8, 4) is 0 Å². The Hall–Kier alpha value is -1.87. The molecule has 0 saturated carbocycles. The average Bonchev–Trinajstić information content (AvgIpc) is 3.78. The normalized spacial score (nSPS) is 46.8. The van der Waals surface area contributed by atoms with Gasteiger partial charge < -0.3 is 48.5 Å². The van der Waals surface area contributed by atoms with Crippen molar-refractivity contribution in [3.63, 3.8) is 0 Å². The standard InChI is InChI=1S/C39H64O13/c1-11-30(42)48-32(25(7)35(43)44)24(6)33-23(5)28(46-26(8)41)18-38(50-33)15-14-36(9,52-38)29-12-13-37(10,49-29)34-21(3)17-27(47-34)31-20(2)16-22(4)39(45,19-40)51-31/h20-25,27-29,31-34,40,45H,11-19H2,1-10H3,(H,43,44)/t20-,21-,22+,23+,24-,25+,27+,28-,29+,31-,32+,33-,34?,36-,37-,38+,39-/m0/s1. The summed E-state index contributed by atoms with van der Waals surface area (Å²) in [5, 5.41) is 30.8. The number of hydrogen-bond acceptors (Lipinski definition) is 12. The molecule has 0 aliphatic carbocycles. The van der Waals surface area contributed by atoms with Crippen molar-refractivity contribution in [2.75, 3.05) is 6.61 Å². The Bertz CT molecular complexity index is 1310. The lowest BCUT2D eigenvalue weighted by Gasteiger charge is -2.49. The van der Waals surface area contributed by atoms with Gasteiger partial charge in [-0.05, 0) is 64.7 Å². The van der Waals surface area contributed by atoms with Gasteiger partial charge in [0.1, 0.15) is 12.2 Å². The third-order valence-corrected chi connectivity index (χ3v) is 13.2. The van der Waals surface area contributed by atoms with Crippen LogP contribution in [0.15, 0.2) is 0 Å². The molecule has 13 heteroatoms. The number of aliphatic hydroxyl groups excluding tert-OH is 1. The summed E-state index contributed by atoms with van der Waals surface area (Å²) in [7, 11) is 0. The number of carbonyl (C=O) groups is 3. The van der Waals surface area contributed by atoms with Gasteiger partial charge in [0.15, 0.2) is 11.6 Å². The second-order valence-corrected chi connectivity index (χ2v) is 17.4. The maximum Gasteiger partial charge on any atom is 0.309 e. The van der Waals surface area contributed by atoms with Crippen molar-refractivity contribution in [2.24, 2.45) is 35.5 Å². The van der Waals surface area contributed by atoms with Crippen LogP contribution in [-0.4, -0.2) is 105 Å². The van der Waals surface area contributed by atoms with E-state index in [1.165, 1.54) is 13.8 Å². The van der Waals surface area contributed by atoms with Gasteiger partial charge in [0.2, 0.25) is 0 Å². The number of esters is 2. The van der Waals surface area contributed by atoms with Crippen LogP contribution in [-0.2, 0) is 47.5 Å². The number of carboxylic acid groups (broad SMARTS) is 1. The van der Waals surface area contributed by atoms with E-state index in [1.807, 2.05) is 27.7 Å². The van der Waals surface area contributed by atoms with Gasteiger partial charge >= 0.3 is 17.9 Å². The highest BCUT2D eigenvalue weighted by molar-refractivity contribution is 5.73. The molecular weight excluding hydrogens is 676 g/mol. The lowest BCUT2D eigenvalue weighted by molar-refractivity contribution is -0.336. The summed E-state index contributed by atoms with van der Waals surface area (Å²) in [6.07, 6.45) is 1.16. The molecule has 5 fully saturated rings. The van der Waals surface area contributed by atoms with Crippen LogP contribution in [0.2, 0.25) is 0 Å². The average molecular weight is 741 g/mol. The SMILES string of the molecule is CCC(=O)O[C@H]([C@H](C)[C@H]1O[C@@]2(CC[C@@](C)([C@H]3CC[C@@](C)(C4O[C@@H]([C@H]5O[C@@](O)(CO)[C@H](C)C[C@@H]5C)C[C@@H]4C)O3)O2)C[C@H](OC(C)=O)[C@H]1C)[C@@H](C)C(=O)O. The first-order chi connectivity index (χ1) is 24.2. The smallest absolute Gasteiger partial charge is 0.309 e. The Kier molecular flexibility index (Phi) is 12.2. The number of carboxylic acids is 1. The van der Waals surface area contributed by atoms with Gasteiger partial charge in [0.25, 0.3) is 0 Å². The topological polar surface area (TPSA) is 177 Å². The molecule has 298 valence electrons. The third kappa shape index (κ3) is 7.93. The minimum atomic E-state index is -1.59. The summed E-state index contributed by atoms with van der Waals surface area (Å²) >= 11 is 0. The lowest BCUT2D eigenvalue weighted by Crippen LogP contribution is -2.57. The number of carbonyl (C=O) groups excluding carboxylic acids is 2. The quantitative estimate of drug-likeness (QED) is 0.248. The van der Waals surface area contributed by atoms with Gasteiger partial charge in [-0.2, -0.15) is 0 Å². The fourth-order valence-electron chi connectivity index (χ4n) is 10.0. The highest BCUT2D eigenvalue weighted by Gasteiger charge is 2.62. The molecule has 5 aliphatic heterocycles. The van der Waals surface area contributed by atoms with Crippen LogP contribution in [0.1, 0.15) is 121 Å². The van der Waals surface area contributed by atoms with Crippen LogP contribution in [0.4, 0.5) is 0 Å². The molecule has 1 spiro atoms. The summed E-state index contributed by atoms with van der Waals surface area (Å²) in [4.78, 5) is 36.9. The van der Waals surface area contributed by atoms with Crippen molar-refractivity contribution in [1.29, 1.82) is 0 Å². The number of ether oxygens (including phenoxy) is 7. The molecule has 5 aliphatic rings. The Morgan fingerprint density at radius 3 is 2.25 bits per heavy atom. The van der Waals surface area contributed by atoms with Crippen molar-refractivity contribution >= 4 is 17.9 Å². The first-order valence-corrected chi connectivity index (χ1v) is 19.5. The molecule has 0 aromatic rings. The first kappa shape index (κ1) is 41.3. The predicted octanol–water partition coefficient (Wildman–Crippen LogP) is 4.76. The van der Waals surface area contributed by atoms with Crippen molar-refractivity contribution in [1.82, 2.24) is 0 Å². The van der Waals surface area contributed by atoms with E-state index < -0.39 is 77.4 Å². The van der Waals surface area contributed by atoms with Crippen molar-refractivity contribution in [3.05, 3.63) is 0 Å². The van der Waals surface area contributed by atoms with Gasteiger partial charge in [0, 0.05) is 43.9 Å². The van der Waals surface area contributed by atoms with Crippen LogP contribution in [0.5, 0.6) is 0 Å². The molecular formula is C39H64O13. The monoisotopic (exact) mass is 740 g/mol. The molecule has 0 amide bonds. The van der Waals surface area contributed by atoms with Crippen molar-refractivity contribution < 1.29 is 62.9 Å². The Morgan fingerprint density at radius 2 is 1.63 bits per heavy atom. The zero-order valence-corrected chi connectivity index (χ0v) is 32.8. The van der Waals surface area contributed by atoms with Crippen LogP contribution in [0, 0.1) is 35.5 Å². The van der Waals surface area contributed by atoms with Gasteiger partial charge in [0.05, 0.1) is 54.2 Å². The van der Waals surface area contributed by atoms with E-state index in [-0.39, 0.29) is 54.5 Å². The van der Waals surface area contributed by atoms with Crippen molar-refractivity contribution in [2.45, 2.75) is 186 Å². The molecule has 0 bridgehead atoms. The summed E-state index contributed by atoms with van der Waals surface area (Å²) in [6, 6.07) is 0. The second kappa shape index (κ2) is 15.3. The van der Waals surface area contributed by atoms with E-state index in [4.69, 9.17) is 33.2 Å². The molecule has 5 saturated heterocycles. The van der Waals surface area contributed by atoms with Crippen LogP contribution >= 0.6 is 0 Å². The molecule has 3 N–H and O–H groups in total. The zero-order valence-electron chi connectivity index (χ0n) is 32.8. The number of rotatable bonds is 11. The van der Waals surface area contributed by atoms with E-state index in [1.54, 1.807) is 6.92 Å².